The number of aromatic nitrogens is 1. The van der Waals surface area contributed by atoms with Crippen LogP contribution in [0.15, 0.2) is 24.3 Å². The van der Waals surface area contributed by atoms with Gasteiger partial charge < -0.3 is 16.8 Å². The van der Waals surface area contributed by atoms with Crippen molar-refractivity contribution in [3.8, 4) is 0 Å². The molecule has 0 spiro atoms. The molecule has 0 aliphatic heterocycles. The third-order valence-corrected chi connectivity index (χ3v) is 1.98. The Morgan fingerprint density at radius 2 is 2.21 bits per heavy atom. The summed E-state index contributed by atoms with van der Waals surface area (Å²) in [6, 6.07) is 3.54. The van der Waals surface area contributed by atoms with Gasteiger partial charge in [0.25, 0.3) is 0 Å². The van der Waals surface area contributed by atoms with Gasteiger partial charge in [-0.1, -0.05) is 19.1 Å². The first-order valence-corrected chi connectivity index (χ1v) is 4.56. The Morgan fingerprint density at radius 3 is 2.79 bits per heavy atom. The van der Waals surface area contributed by atoms with Crippen LogP contribution in [0.5, 0.6) is 0 Å². The van der Waals surface area contributed by atoms with Gasteiger partial charge in [-0.2, -0.15) is 0 Å². The molecule has 1 aromatic rings. The second kappa shape index (κ2) is 4.50. The van der Waals surface area contributed by atoms with Crippen molar-refractivity contribution >= 4 is 17.3 Å². The number of anilines is 3. The number of hydrogen-bond acceptors (Lipinski definition) is 4. The SMILES string of the molecule is C=C(CC)CNc1ccc(N)c(N)n1. The number of rotatable bonds is 4. The highest BCUT2D eigenvalue weighted by atomic mass is 15.0. The van der Waals surface area contributed by atoms with Crippen LogP contribution in [-0.4, -0.2) is 11.5 Å². The number of pyridine rings is 1. The third kappa shape index (κ3) is 2.65. The van der Waals surface area contributed by atoms with Gasteiger partial charge in [-0.25, -0.2) is 4.98 Å². The molecule has 1 heterocycles. The summed E-state index contributed by atoms with van der Waals surface area (Å²) in [5.41, 5.74) is 12.7. The third-order valence-electron chi connectivity index (χ3n) is 1.98. The summed E-state index contributed by atoms with van der Waals surface area (Å²) in [4.78, 5) is 4.08. The normalized spacial score (nSPS) is 9.79. The number of nitrogen functional groups attached to an aromatic ring is 2. The summed E-state index contributed by atoms with van der Waals surface area (Å²) in [5, 5.41) is 3.12. The maximum Gasteiger partial charge on any atom is 0.149 e. The van der Waals surface area contributed by atoms with Gasteiger partial charge in [-0.3, -0.25) is 0 Å². The van der Waals surface area contributed by atoms with Crippen LogP contribution < -0.4 is 16.8 Å². The lowest BCUT2D eigenvalue weighted by Crippen LogP contribution is -2.07. The molecule has 1 rings (SSSR count). The first-order chi connectivity index (χ1) is 6.63. The Balaban J connectivity index is 2.60. The van der Waals surface area contributed by atoms with Gasteiger partial charge in [-0.05, 0) is 18.6 Å². The van der Waals surface area contributed by atoms with E-state index in [9.17, 15) is 0 Å². The van der Waals surface area contributed by atoms with Gasteiger partial charge in [0.05, 0.1) is 5.69 Å². The van der Waals surface area contributed by atoms with Crippen molar-refractivity contribution in [2.45, 2.75) is 13.3 Å². The fourth-order valence-corrected chi connectivity index (χ4v) is 0.925. The van der Waals surface area contributed by atoms with E-state index < -0.39 is 0 Å². The predicted molar refractivity (Wildman–Crippen MR) is 61.0 cm³/mol. The van der Waals surface area contributed by atoms with E-state index in [1.807, 2.05) is 0 Å². The van der Waals surface area contributed by atoms with Crippen molar-refractivity contribution in [3.05, 3.63) is 24.3 Å². The highest BCUT2D eigenvalue weighted by Gasteiger charge is 1.98. The van der Waals surface area contributed by atoms with Gasteiger partial charge in [-0.15, -0.1) is 0 Å². The maximum absolute atomic E-state index is 5.56. The van der Waals surface area contributed by atoms with Crippen molar-refractivity contribution in [1.82, 2.24) is 4.98 Å². The minimum absolute atomic E-state index is 0.358. The van der Waals surface area contributed by atoms with Crippen LogP contribution in [0.1, 0.15) is 13.3 Å². The van der Waals surface area contributed by atoms with E-state index in [0.29, 0.717) is 18.1 Å². The van der Waals surface area contributed by atoms with E-state index in [-0.39, 0.29) is 0 Å². The zero-order chi connectivity index (χ0) is 10.6. The topological polar surface area (TPSA) is 77.0 Å². The number of nitrogens with two attached hydrogens (primary N) is 2. The largest absolute Gasteiger partial charge is 0.396 e. The van der Waals surface area contributed by atoms with Crippen LogP contribution in [0.25, 0.3) is 0 Å². The molecule has 0 saturated carbocycles. The number of nitrogens with one attached hydrogen (secondary N) is 1. The molecule has 0 amide bonds. The molecule has 0 aromatic carbocycles. The van der Waals surface area contributed by atoms with E-state index in [2.05, 4.69) is 23.8 Å². The average molecular weight is 192 g/mol. The lowest BCUT2D eigenvalue weighted by atomic mass is 10.2. The standard InChI is InChI=1S/C10H16N4/c1-3-7(2)6-13-9-5-4-8(11)10(12)14-9/h4-5H,2-3,6,11H2,1H3,(H3,12,13,14). The van der Waals surface area contributed by atoms with Crippen LogP contribution in [0.3, 0.4) is 0 Å². The predicted octanol–water partition coefficient (Wildman–Crippen LogP) is 1.62. The number of hydrogen-bond donors (Lipinski definition) is 3. The zero-order valence-electron chi connectivity index (χ0n) is 8.38. The van der Waals surface area contributed by atoms with Crippen LogP contribution in [0.4, 0.5) is 17.3 Å². The lowest BCUT2D eigenvalue weighted by molar-refractivity contribution is 1.04. The Kier molecular flexibility index (Phi) is 3.34. The van der Waals surface area contributed by atoms with Crippen molar-refractivity contribution in [3.63, 3.8) is 0 Å². The van der Waals surface area contributed by atoms with Crippen LogP contribution in [0.2, 0.25) is 0 Å². The summed E-state index contributed by atoms with van der Waals surface area (Å²) in [6.07, 6.45) is 0.956. The Bertz CT molecular complexity index is 333. The molecule has 4 heteroatoms. The minimum atomic E-state index is 0.358. The summed E-state index contributed by atoms with van der Waals surface area (Å²) < 4.78 is 0. The molecule has 1 aromatic heterocycles. The van der Waals surface area contributed by atoms with Gasteiger partial charge in [0.15, 0.2) is 0 Å². The summed E-state index contributed by atoms with van der Waals surface area (Å²) in [5.74, 6) is 1.09. The van der Waals surface area contributed by atoms with Crippen molar-refractivity contribution in [2.75, 3.05) is 23.3 Å². The molecular formula is C10H16N4. The van der Waals surface area contributed by atoms with Crippen molar-refractivity contribution in [1.29, 1.82) is 0 Å². The summed E-state index contributed by atoms with van der Waals surface area (Å²) >= 11 is 0. The summed E-state index contributed by atoms with van der Waals surface area (Å²) in [6.45, 7) is 6.66. The minimum Gasteiger partial charge on any atom is -0.396 e. The Hall–Kier alpha value is -1.71. The molecule has 0 radical (unpaired) electrons. The van der Waals surface area contributed by atoms with Crippen molar-refractivity contribution < 1.29 is 0 Å². The molecule has 0 aliphatic rings. The van der Waals surface area contributed by atoms with Crippen LogP contribution in [0, 0.1) is 0 Å². The van der Waals surface area contributed by atoms with E-state index in [0.717, 1.165) is 17.8 Å². The molecule has 0 atom stereocenters. The molecular weight excluding hydrogens is 176 g/mol. The molecule has 5 N–H and O–H groups in total. The molecule has 0 bridgehead atoms. The first-order valence-electron chi connectivity index (χ1n) is 4.56. The monoisotopic (exact) mass is 192 g/mol. The fraction of sp³-hybridized carbons (Fsp3) is 0.300. The average Bonchev–Trinajstić information content (AvgIpc) is 2.19. The van der Waals surface area contributed by atoms with E-state index in [1.54, 1.807) is 12.1 Å². The smallest absolute Gasteiger partial charge is 0.149 e. The molecule has 0 unspecified atom stereocenters. The summed E-state index contributed by atoms with van der Waals surface area (Å²) in [7, 11) is 0. The highest BCUT2D eigenvalue weighted by molar-refractivity contribution is 5.61. The highest BCUT2D eigenvalue weighted by Crippen LogP contribution is 2.14. The van der Waals surface area contributed by atoms with Crippen molar-refractivity contribution in [2.24, 2.45) is 0 Å². The number of nitrogens with zero attached hydrogens (tertiary/aromatic N) is 1. The molecule has 0 aliphatic carbocycles. The molecule has 4 nitrogen and oxygen atoms in total. The molecule has 0 saturated heterocycles. The zero-order valence-corrected chi connectivity index (χ0v) is 8.38. The molecule has 14 heavy (non-hydrogen) atoms. The van der Waals surface area contributed by atoms with Crippen LogP contribution in [-0.2, 0) is 0 Å². The maximum atomic E-state index is 5.56. The van der Waals surface area contributed by atoms with Gasteiger partial charge in [0.1, 0.15) is 11.6 Å². The van der Waals surface area contributed by atoms with Gasteiger partial charge in [0.2, 0.25) is 0 Å². The Labute approximate surface area is 84.0 Å². The van der Waals surface area contributed by atoms with E-state index >= 15 is 0 Å². The molecule has 0 fully saturated rings. The van der Waals surface area contributed by atoms with Gasteiger partial charge in [0, 0.05) is 6.54 Å². The molecule has 76 valence electrons. The van der Waals surface area contributed by atoms with Crippen LogP contribution >= 0.6 is 0 Å². The first kappa shape index (κ1) is 10.4. The second-order valence-corrected chi connectivity index (χ2v) is 3.13. The Morgan fingerprint density at radius 1 is 1.50 bits per heavy atom. The van der Waals surface area contributed by atoms with Gasteiger partial charge >= 0.3 is 0 Å². The van der Waals surface area contributed by atoms with E-state index in [1.165, 1.54) is 0 Å². The quantitative estimate of drug-likeness (QED) is 0.633. The second-order valence-electron chi connectivity index (χ2n) is 3.13. The lowest BCUT2D eigenvalue weighted by Gasteiger charge is -2.07. The van der Waals surface area contributed by atoms with E-state index in [4.69, 9.17) is 11.5 Å². The fourth-order valence-electron chi connectivity index (χ4n) is 0.925.